The fraction of sp³-hybridized carbons (Fsp3) is 0.350. The first kappa shape index (κ1) is 33.5. The van der Waals surface area contributed by atoms with Crippen LogP contribution in [-0.4, -0.2) is 55.8 Å². The zero-order valence-corrected chi connectivity index (χ0v) is 30.2. The molecule has 0 unspecified atom stereocenters. The van der Waals surface area contributed by atoms with E-state index in [-0.39, 0.29) is 42.3 Å². The van der Waals surface area contributed by atoms with Crippen molar-refractivity contribution in [2.45, 2.75) is 69.2 Å². The molecule has 0 saturated carbocycles. The minimum Gasteiger partial charge on any atom is -0.497 e. The van der Waals surface area contributed by atoms with Crippen molar-refractivity contribution < 1.29 is 24.2 Å². The molecule has 3 heterocycles. The van der Waals surface area contributed by atoms with Crippen molar-refractivity contribution in [1.82, 2.24) is 4.90 Å². The summed E-state index contributed by atoms with van der Waals surface area (Å²) in [6.07, 6.45) is 0.151. The molecule has 5 atom stereocenters. The van der Waals surface area contributed by atoms with Crippen molar-refractivity contribution in [2.75, 3.05) is 18.6 Å². The number of carbonyl (C=O) groups is 2. The Balaban J connectivity index is 1.30. The van der Waals surface area contributed by atoms with Crippen molar-refractivity contribution in [3.05, 3.63) is 124 Å². The summed E-state index contributed by atoms with van der Waals surface area (Å²) in [5, 5.41) is 12.1. The molecule has 1 fully saturated rings. The average Bonchev–Trinajstić information content (AvgIpc) is 3.53. The summed E-state index contributed by atoms with van der Waals surface area (Å²) in [6.45, 7) is 7.44. The van der Waals surface area contributed by atoms with E-state index in [4.69, 9.17) is 21.1 Å². The highest BCUT2D eigenvalue weighted by atomic mass is 35.5. The van der Waals surface area contributed by atoms with Gasteiger partial charge >= 0.3 is 0 Å². The van der Waals surface area contributed by atoms with Gasteiger partial charge in [0.25, 0.3) is 5.91 Å². The first-order valence-corrected chi connectivity index (χ1v) is 20.5. The molecule has 1 spiro atoms. The van der Waals surface area contributed by atoms with Crippen LogP contribution >= 0.6 is 11.6 Å². The van der Waals surface area contributed by atoms with Crippen LogP contribution in [0.2, 0.25) is 23.7 Å². The summed E-state index contributed by atoms with van der Waals surface area (Å²) in [4.78, 5) is 33.1. The second-order valence-electron chi connectivity index (χ2n) is 14.2. The van der Waals surface area contributed by atoms with Gasteiger partial charge < -0.3 is 24.4 Å². The molecular weight excluding hydrogens is 652 g/mol. The number of methoxy groups -OCH3 is 1. The number of nitrogens with zero attached hydrogens (tertiary/aromatic N) is 2. The third kappa shape index (κ3) is 5.68. The number of rotatable bonds is 8. The summed E-state index contributed by atoms with van der Waals surface area (Å²) in [7, 11) is -0.809. The maximum Gasteiger partial charge on any atom is 0.264 e. The van der Waals surface area contributed by atoms with Gasteiger partial charge in [-0.05, 0) is 59.0 Å². The standard InChI is InChI=1S/C40H43ClN2O5Si/c1-26-38(49(3,4)33-17-15-32(47-2)16-18-33)36(22-37(45)42-24-29-13-9-8-12-28(29)20-31(42)25-44)48-40(26)34-21-30(41)14-19-35(34)43(39(40)46)23-27-10-6-5-7-11-27/h5-19,21,26,31,36,38,44H,20,22-25H2,1-4H3/t26-,31+,36+,38-,40+/m1/s1. The van der Waals surface area contributed by atoms with Gasteiger partial charge in [0.2, 0.25) is 5.91 Å². The van der Waals surface area contributed by atoms with E-state index in [2.05, 4.69) is 38.2 Å². The molecule has 0 bridgehead atoms. The SMILES string of the molecule is COc1ccc([Si](C)(C)[C@H]2[C@H](CC(=O)N3Cc4ccccc4C[C@H]3CO)O[C@@]3(C(=O)N(Cc4ccccc4)c4ccc(Cl)cc43)[C@@H]2C)cc1. The predicted molar refractivity (Wildman–Crippen MR) is 195 cm³/mol. The molecule has 49 heavy (non-hydrogen) atoms. The number of hydrogen-bond acceptors (Lipinski definition) is 5. The fourth-order valence-corrected chi connectivity index (χ4v) is 12.9. The molecule has 1 saturated heterocycles. The van der Waals surface area contributed by atoms with Gasteiger partial charge in [-0.1, -0.05) is 104 Å². The van der Waals surface area contributed by atoms with Crippen molar-refractivity contribution in [3.63, 3.8) is 0 Å². The van der Waals surface area contributed by atoms with Crippen molar-refractivity contribution in [3.8, 4) is 5.75 Å². The monoisotopic (exact) mass is 694 g/mol. The third-order valence-electron chi connectivity index (χ3n) is 11.2. The molecule has 7 nitrogen and oxygen atoms in total. The van der Waals surface area contributed by atoms with Crippen molar-refractivity contribution in [2.24, 2.45) is 5.92 Å². The van der Waals surface area contributed by atoms with Crippen LogP contribution in [0.15, 0.2) is 97.1 Å². The molecule has 1 N–H and O–H groups in total. The Kier molecular flexibility index (Phi) is 8.94. The molecule has 4 aromatic rings. The van der Waals surface area contributed by atoms with E-state index in [1.54, 1.807) is 7.11 Å². The highest BCUT2D eigenvalue weighted by Gasteiger charge is 2.66. The second kappa shape index (κ2) is 13.1. The quantitative estimate of drug-likeness (QED) is 0.215. The van der Waals surface area contributed by atoms with Crippen LogP contribution in [-0.2, 0) is 39.4 Å². The van der Waals surface area contributed by atoms with Crippen molar-refractivity contribution >= 4 is 42.4 Å². The third-order valence-corrected chi connectivity index (χ3v) is 15.8. The maximum atomic E-state index is 15.0. The second-order valence-corrected chi connectivity index (χ2v) is 19.4. The highest BCUT2D eigenvalue weighted by Crippen LogP contribution is 2.60. The van der Waals surface area contributed by atoms with Crippen LogP contribution in [0.3, 0.4) is 0 Å². The molecule has 3 aliphatic rings. The maximum absolute atomic E-state index is 15.0. The molecule has 9 heteroatoms. The van der Waals surface area contributed by atoms with Gasteiger partial charge in [0, 0.05) is 23.0 Å². The molecule has 7 rings (SSSR count). The Morgan fingerprint density at radius 3 is 2.39 bits per heavy atom. The molecule has 254 valence electrons. The number of ether oxygens (including phenoxy) is 2. The summed E-state index contributed by atoms with van der Waals surface area (Å²) in [6, 6.07) is 31.5. The Bertz CT molecular complexity index is 1870. The number of halogens is 1. The molecule has 0 aliphatic carbocycles. The van der Waals surface area contributed by atoms with E-state index in [1.807, 2.05) is 88.7 Å². The van der Waals surface area contributed by atoms with Crippen LogP contribution in [0.25, 0.3) is 0 Å². The minimum atomic E-state index is -2.47. The van der Waals surface area contributed by atoms with Crippen molar-refractivity contribution in [1.29, 1.82) is 0 Å². The Morgan fingerprint density at radius 1 is 1.00 bits per heavy atom. The fourth-order valence-electron chi connectivity index (χ4n) is 8.74. The van der Waals surface area contributed by atoms with Gasteiger partial charge in [-0.2, -0.15) is 0 Å². The zero-order chi connectivity index (χ0) is 34.5. The summed E-state index contributed by atoms with van der Waals surface area (Å²) in [5.74, 6) is 0.306. The molecule has 0 radical (unpaired) electrons. The number of anilines is 1. The Morgan fingerprint density at radius 2 is 1.69 bits per heavy atom. The Hall–Kier alpha value is -3.95. The van der Waals surface area contributed by atoms with Crippen LogP contribution in [0.5, 0.6) is 5.75 Å². The van der Waals surface area contributed by atoms with E-state index >= 15 is 4.79 Å². The minimum absolute atomic E-state index is 0.0785. The lowest BCUT2D eigenvalue weighted by Gasteiger charge is -2.39. The van der Waals surface area contributed by atoms with E-state index in [0.29, 0.717) is 24.5 Å². The first-order chi connectivity index (χ1) is 23.6. The summed E-state index contributed by atoms with van der Waals surface area (Å²) in [5.41, 5.74) is 3.38. The number of fused-ring (bicyclic) bond motifs is 3. The highest BCUT2D eigenvalue weighted by molar-refractivity contribution is 6.91. The topological polar surface area (TPSA) is 79.3 Å². The normalized spacial score (nSPS) is 24.7. The van der Waals surface area contributed by atoms with Crippen LogP contribution in [0.4, 0.5) is 5.69 Å². The smallest absolute Gasteiger partial charge is 0.264 e. The zero-order valence-electron chi connectivity index (χ0n) is 28.4. The average molecular weight is 695 g/mol. The van der Waals surface area contributed by atoms with Gasteiger partial charge in [0.05, 0.1) is 52.6 Å². The van der Waals surface area contributed by atoms with Crippen LogP contribution in [0, 0.1) is 5.92 Å². The van der Waals surface area contributed by atoms with E-state index < -0.39 is 19.8 Å². The molecule has 3 aliphatic heterocycles. The Labute approximate surface area is 294 Å². The number of aliphatic hydroxyl groups is 1. The van der Waals surface area contributed by atoms with E-state index in [1.165, 1.54) is 5.19 Å². The summed E-state index contributed by atoms with van der Waals surface area (Å²) < 4.78 is 12.7. The number of benzene rings is 4. The van der Waals surface area contributed by atoms with Gasteiger partial charge in [-0.25, -0.2) is 0 Å². The van der Waals surface area contributed by atoms with Gasteiger partial charge in [0.15, 0.2) is 5.60 Å². The van der Waals surface area contributed by atoms with E-state index in [0.717, 1.165) is 33.7 Å². The molecule has 4 aromatic carbocycles. The van der Waals surface area contributed by atoms with E-state index in [9.17, 15) is 9.90 Å². The molecule has 2 amide bonds. The lowest BCUT2D eigenvalue weighted by Crippen LogP contribution is -2.52. The lowest BCUT2D eigenvalue weighted by molar-refractivity contribution is -0.151. The van der Waals surface area contributed by atoms with Gasteiger partial charge in [0.1, 0.15) is 5.75 Å². The number of carbonyl (C=O) groups excluding carboxylic acids is 2. The largest absolute Gasteiger partial charge is 0.497 e. The van der Waals surface area contributed by atoms with Crippen LogP contribution < -0.4 is 14.8 Å². The van der Waals surface area contributed by atoms with Crippen LogP contribution in [0.1, 0.15) is 35.6 Å². The molecular formula is C40H43ClN2O5Si. The van der Waals surface area contributed by atoms with Gasteiger partial charge in [-0.15, -0.1) is 0 Å². The molecule has 0 aromatic heterocycles. The van der Waals surface area contributed by atoms with Gasteiger partial charge in [-0.3, -0.25) is 9.59 Å². The number of hydrogen-bond donors (Lipinski definition) is 1. The summed E-state index contributed by atoms with van der Waals surface area (Å²) >= 11 is 6.66. The number of amides is 2. The predicted octanol–water partition coefficient (Wildman–Crippen LogP) is 6.45. The lowest BCUT2D eigenvalue weighted by atomic mass is 9.82. The first-order valence-electron chi connectivity index (χ1n) is 17.0. The number of aliphatic hydroxyl groups excluding tert-OH is 1.